The topological polar surface area (TPSA) is 65.0 Å². The summed E-state index contributed by atoms with van der Waals surface area (Å²) in [6, 6.07) is 3.40. The molecule has 1 aliphatic rings. The molecule has 1 aromatic rings. The van der Waals surface area contributed by atoms with Crippen molar-refractivity contribution >= 4 is 12.0 Å². The van der Waals surface area contributed by atoms with Gasteiger partial charge in [0, 0.05) is 17.7 Å². The first-order valence-corrected chi connectivity index (χ1v) is 5.79. The molecule has 0 radical (unpaired) electrons. The van der Waals surface area contributed by atoms with Crippen LogP contribution in [-0.4, -0.2) is 24.5 Å². The lowest BCUT2D eigenvalue weighted by atomic mass is 10.1. The second kappa shape index (κ2) is 5.95. The van der Waals surface area contributed by atoms with Crippen LogP contribution in [0.2, 0.25) is 0 Å². The maximum absolute atomic E-state index is 10.6. The monoisotopic (exact) mass is 262 g/mol. The van der Waals surface area contributed by atoms with Crippen LogP contribution in [0, 0.1) is 0 Å². The fraction of sp³-hybridized carbons (Fsp3) is 0.214. The Labute approximate surface area is 110 Å². The Kier molecular flexibility index (Phi) is 4.07. The molecule has 0 fully saturated rings. The third kappa shape index (κ3) is 3.28. The van der Waals surface area contributed by atoms with Gasteiger partial charge in [-0.1, -0.05) is 6.08 Å². The molecular weight excluding hydrogens is 248 g/mol. The van der Waals surface area contributed by atoms with Gasteiger partial charge in [0.25, 0.3) is 0 Å². The summed E-state index contributed by atoms with van der Waals surface area (Å²) in [5.74, 6) is 0.723. The second-order valence-electron chi connectivity index (χ2n) is 3.84. The van der Waals surface area contributed by atoms with Crippen molar-refractivity contribution in [3.63, 3.8) is 0 Å². The van der Waals surface area contributed by atoms with E-state index < -0.39 is 5.97 Å². The van der Waals surface area contributed by atoms with E-state index >= 15 is 0 Å². The minimum absolute atomic E-state index is 0.160. The smallest absolute Gasteiger partial charge is 0.328 e. The van der Waals surface area contributed by atoms with Gasteiger partial charge in [0.05, 0.1) is 6.61 Å². The minimum atomic E-state index is -1.02. The first-order chi connectivity index (χ1) is 9.20. The Morgan fingerprint density at radius 2 is 2.16 bits per heavy atom. The minimum Gasteiger partial charge on any atom is -0.492 e. The van der Waals surface area contributed by atoms with Crippen LogP contribution >= 0.6 is 0 Å². The SMILES string of the molecule is C=CCCOc1cc2c(cc1C=CC(=O)O)OCO2. The molecule has 0 saturated heterocycles. The van der Waals surface area contributed by atoms with Gasteiger partial charge in [-0.3, -0.25) is 0 Å². The van der Waals surface area contributed by atoms with Crippen LogP contribution in [0.15, 0.2) is 30.9 Å². The number of carbonyl (C=O) groups is 1. The van der Waals surface area contributed by atoms with E-state index in [1.807, 2.05) is 0 Å². The molecule has 0 aliphatic carbocycles. The zero-order chi connectivity index (χ0) is 13.7. The first kappa shape index (κ1) is 13.0. The second-order valence-corrected chi connectivity index (χ2v) is 3.84. The van der Waals surface area contributed by atoms with Crippen LogP contribution in [0.1, 0.15) is 12.0 Å². The van der Waals surface area contributed by atoms with Crippen LogP contribution in [0.5, 0.6) is 17.2 Å². The van der Waals surface area contributed by atoms with Crippen LogP contribution in [0.4, 0.5) is 0 Å². The molecule has 100 valence electrons. The third-order valence-electron chi connectivity index (χ3n) is 2.49. The van der Waals surface area contributed by atoms with E-state index in [4.69, 9.17) is 19.3 Å². The predicted octanol–water partition coefficient (Wildman–Crippen LogP) is 2.47. The van der Waals surface area contributed by atoms with Gasteiger partial charge in [-0.05, 0) is 18.6 Å². The highest BCUT2D eigenvalue weighted by atomic mass is 16.7. The van der Waals surface area contributed by atoms with E-state index in [-0.39, 0.29) is 6.79 Å². The molecule has 0 unspecified atom stereocenters. The van der Waals surface area contributed by atoms with Crippen molar-refractivity contribution in [3.05, 3.63) is 36.4 Å². The number of fused-ring (bicyclic) bond motifs is 1. The Bertz CT molecular complexity index is 519. The van der Waals surface area contributed by atoms with E-state index in [0.29, 0.717) is 35.8 Å². The molecule has 0 bridgehead atoms. The van der Waals surface area contributed by atoms with Gasteiger partial charge in [0.15, 0.2) is 11.5 Å². The number of benzene rings is 1. The van der Waals surface area contributed by atoms with Crippen LogP contribution in [0.25, 0.3) is 6.08 Å². The molecule has 0 saturated carbocycles. The Morgan fingerprint density at radius 1 is 1.42 bits per heavy atom. The average Bonchev–Trinajstić information content (AvgIpc) is 2.83. The molecule has 0 amide bonds. The Hall–Kier alpha value is -2.43. The number of hydrogen-bond acceptors (Lipinski definition) is 4. The van der Waals surface area contributed by atoms with Crippen molar-refractivity contribution in [2.24, 2.45) is 0 Å². The number of rotatable bonds is 6. The quantitative estimate of drug-likeness (QED) is 0.484. The number of ether oxygens (including phenoxy) is 3. The normalized spacial score (nSPS) is 12.6. The number of carboxylic acids is 1. The Morgan fingerprint density at radius 3 is 2.84 bits per heavy atom. The van der Waals surface area contributed by atoms with Gasteiger partial charge in [0.2, 0.25) is 6.79 Å². The fourth-order valence-electron chi connectivity index (χ4n) is 1.61. The van der Waals surface area contributed by atoms with Gasteiger partial charge in [0.1, 0.15) is 5.75 Å². The molecule has 1 aromatic carbocycles. The van der Waals surface area contributed by atoms with Crippen molar-refractivity contribution in [3.8, 4) is 17.2 Å². The van der Waals surface area contributed by atoms with Crippen LogP contribution in [0.3, 0.4) is 0 Å². The molecule has 1 N–H and O–H groups in total. The van der Waals surface area contributed by atoms with Crippen molar-refractivity contribution in [1.29, 1.82) is 0 Å². The van der Waals surface area contributed by atoms with E-state index in [0.717, 1.165) is 6.08 Å². The van der Waals surface area contributed by atoms with E-state index in [1.165, 1.54) is 6.08 Å². The molecule has 5 nitrogen and oxygen atoms in total. The van der Waals surface area contributed by atoms with Crippen LogP contribution < -0.4 is 14.2 Å². The Balaban J connectivity index is 2.26. The van der Waals surface area contributed by atoms with Crippen molar-refractivity contribution in [2.75, 3.05) is 13.4 Å². The summed E-state index contributed by atoms with van der Waals surface area (Å²) in [5, 5.41) is 8.68. The van der Waals surface area contributed by atoms with Gasteiger partial charge < -0.3 is 19.3 Å². The lowest BCUT2D eigenvalue weighted by Crippen LogP contribution is -1.98. The largest absolute Gasteiger partial charge is 0.492 e. The summed E-state index contributed by atoms with van der Waals surface area (Å²) >= 11 is 0. The lowest BCUT2D eigenvalue weighted by molar-refractivity contribution is -0.131. The standard InChI is InChI=1S/C14H14O5/c1-2-3-6-17-11-8-13-12(18-9-19-13)7-10(11)4-5-14(15)16/h2,4-5,7-8H,1,3,6,9H2,(H,15,16). The van der Waals surface area contributed by atoms with Crippen LogP contribution in [-0.2, 0) is 4.79 Å². The molecule has 19 heavy (non-hydrogen) atoms. The molecule has 0 atom stereocenters. The molecule has 1 aliphatic heterocycles. The third-order valence-corrected chi connectivity index (χ3v) is 2.49. The van der Waals surface area contributed by atoms with E-state index in [9.17, 15) is 4.79 Å². The van der Waals surface area contributed by atoms with Gasteiger partial charge >= 0.3 is 5.97 Å². The summed E-state index contributed by atoms with van der Waals surface area (Å²) in [6.45, 7) is 4.24. The summed E-state index contributed by atoms with van der Waals surface area (Å²) in [5.41, 5.74) is 0.635. The van der Waals surface area contributed by atoms with Gasteiger partial charge in [-0.15, -0.1) is 6.58 Å². The highest BCUT2D eigenvalue weighted by Crippen LogP contribution is 2.38. The molecule has 2 rings (SSSR count). The molecule has 0 spiro atoms. The highest BCUT2D eigenvalue weighted by Gasteiger charge is 2.17. The summed E-state index contributed by atoms with van der Waals surface area (Å²) in [7, 11) is 0. The lowest BCUT2D eigenvalue weighted by Gasteiger charge is -2.09. The summed E-state index contributed by atoms with van der Waals surface area (Å²) < 4.78 is 16.1. The molecule has 5 heteroatoms. The number of carboxylic acid groups (broad SMARTS) is 1. The van der Waals surface area contributed by atoms with E-state index in [2.05, 4.69) is 6.58 Å². The summed E-state index contributed by atoms with van der Waals surface area (Å²) in [6.07, 6.45) is 4.97. The molecule has 1 heterocycles. The van der Waals surface area contributed by atoms with Gasteiger partial charge in [-0.25, -0.2) is 4.79 Å². The van der Waals surface area contributed by atoms with Gasteiger partial charge in [-0.2, -0.15) is 0 Å². The zero-order valence-electron chi connectivity index (χ0n) is 10.3. The zero-order valence-corrected chi connectivity index (χ0v) is 10.3. The summed E-state index contributed by atoms with van der Waals surface area (Å²) in [4.78, 5) is 10.6. The maximum atomic E-state index is 10.6. The fourth-order valence-corrected chi connectivity index (χ4v) is 1.61. The van der Waals surface area contributed by atoms with Crippen molar-refractivity contribution in [2.45, 2.75) is 6.42 Å². The van der Waals surface area contributed by atoms with Crippen molar-refractivity contribution < 1.29 is 24.1 Å². The van der Waals surface area contributed by atoms with E-state index in [1.54, 1.807) is 18.2 Å². The molecular formula is C14H14O5. The molecule has 0 aromatic heterocycles. The number of hydrogen-bond donors (Lipinski definition) is 1. The predicted molar refractivity (Wildman–Crippen MR) is 69.5 cm³/mol. The average molecular weight is 262 g/mol. The maximum Gasteiger partial charge on any atom is 0.328 e. The first-order valence-electron chi connectivity index (χ1n) is 5.79. The highest BCUT2D eigenvalue weighted by molar-refractivity contribution is 5.86. The van der Waals surface area contributed by atoms with Crippen molar-refractivity contribution in [1.82, 2.24) is 0 Å². The number of aliphatic carboxylic acids is 1.